The number of hydrogen-bond donors (Lipinski definition) is 2. The number of carbonyl (C=O) groups excluding carboxylic acids is 1. The van der Waals surface area contributed by atoms with Crippen LogP contribution in [0.25, 0.3) is 0 Å². The molecule has 0 radical (unpaired) electrons. The van der Waals surface area contributed by atoms with Crippen molar-refractivity contribution in [2.45, 2.75) is 13.0 Å². The van der Waals surface area contributed by atoms with E-state index >= 15 is 0 Å². The quantitative estimate of drug-likeness (QED) is 0.839. The highest BCUT2D eigenvalue weighted by atomic mass is 16.2. The van der Waals surface area contributed by atoms with E-state index in [-0.39, 0.29) is 12.5 Å². The van der Waals surface area contributed by atoms with Crippen molar-refractivity contribution in [2.75, 3.05) is 6.61 Å². The van der Waals surface area contributed by atoms with E-state index in [9.17, 15) is 4.79 Å². The van der Waals surface area contributed by atoms with Crippen molar-refractivity contribution in [3.05, 3.63) is 65.5 Å². The number of pyridine rings is 1. The second-order valence-corrected chi connectivity index (χ2v) is 4.35. The highest BCUT2D eigenvalue weighted by Crippen LogP contribution is 2.07. The molecule has 1 aromatic heterocycles. The standard InChI is InChI=1S/C17H16N2O2/c20-12-4-3-6-14-5-1-2-7-16(14)13-19-17(21)15-8-10-18-11-9-15/h1-2,5,7-11,20H,4,12-13H2,(H,19,21). The van der Waals surface area contributed by atoms with Crippen LogP contribution in [-0.4, -0.2) is 22.6 Å². The lowest BCUT2D eigenvalue weighted by atomic mass is 10.1. The van der Waals surface area contributed by atoms with Crippen molar-refractivity contribution in [2.24, 2.45) is 0 Å². The SMILES string of the molecule is O=C(NCc1ccccc1C#CCCO)c1ccncc1. The highest BCUT2D eigenvalue weighted by Gasteiger charge is 2.05. The molecule has 0 aliphatic rings. The fraction of sp³-hybridized carbons (Fsp3) is 0.176. The van der Waals surface area contributed by atoms with Crippen molar-refractivity contribution in [1.29, 1.82) is 0 Å². The summed E-state index contributed by atoms with van der Waals surface area (Å²) < 4.78 is 0. The maximum Gasteiger partial charge on any atom is 0.251 e. The first kappa shape index (κ1) is 14.8. The van der Waals surface area contributed by atoms with Crippen LogP contribution in [0.1, 0.15) is 27.9 Å². The van der Waals surface area contributed by atoms with Crippen LogP contribution < -0.4 is 5.32 Å². The maximum atomic E-state index is 12.0. The molecule has 1 amide bonds. The van der Waals surface area contributed by atoms with Crippen LogP contribution in [-0.2, 0) is 6.54 Å². The lowest BCUT2D eigenvalue weighted by Gasteiger charge is -2.07. The minimum Gasteiger partial charge on any atom is -0.395 e. The lowest BCUT2D eigenvalue weighted by Crippen LogP contribution is -2.23. The Morgan fingerprint density at radius 2 is 1.95 bits per heavy atom. The number of aliphatic hydroxyl groups is 1. The van der Waals surface area contributed by atoms with Gasteiger partial charge in [0.25, 0.3) is 5.91 Å². The molecule has 0 unspecified atom stereocenters. The van der Waals surface area contributed by atoms with Gasteiger partial charge in [-0.2, -0.15) is 0 Å². The summed E-state index contributed by atoms with van der Waals surface area (Å²) in [6.07, 6.45) is 3.62. The Labute approximate surface area is 123 Å². The summed E-state index contributed by atoms with van der Waals surface area (Å²) in [5, 5.41) is 11.6. The molecule has 4 heteroatoms. The Morgan fingerprint density at radius 1 is 1.19 bits per heavy atom. The van der Waals surface area contributed by atoms with E-state index < -0.39 is 0 Å². The molecule has 106 valence electrons. The maximum absolute atomic E-state index is 12.0. The molecule has 2 aromatic rings. The topological polar surface area (TPSA) is 62.2 Å². The predicted octanol–water partition coefficient (Wildman–Crippen LogP) is 1.75. The van der Waals surface area contributed by atoms with Gasteiger partial charge >= 0.3 is 0 Å². The lowest BCUT2D eigenvalue weighted by molar-refractivity contribution is 0.0951. The molecule has 0 bridgehead atoms. The van der Waals surface area contributed by atoms with Gasteiger partial charge in [-0.15, -0.1) is 0 Å². The summed E-state index contributed by atoms with van der Waals surface area (Å²) >= 11 is 0. The van der Waals surface area contributed by atoms with E-state index in [1.807, 2.05) is 24.3 Å². The fourth-order valence-electron chi connectivity index (χ4n) is 1.79. The smallest absolute Gasteiger partial charge is 0.251 e. The zero-order valence-electron chi connectivity index (χ0n) is 11.5. The molecule has 0 aliphatic carbocycles. The molecule has 0 spiro atoms. The Bertz CT molecular complexity index is 657. The number of rotatable bonds is 4. The minimum atomic E-state index is -0.143. The van der Waals surface area contributed by atoms with E-state index in [4.69, 9.17) is 5.11 Å². The summed E-state index contributed by atoms with van der Waals surface area (Å²) in [6, 6.07) is 11.0. The molecular formula is C17H16N2O2. The molecule has 2 N–H and O–H groups in total. The number of nitrogens with one attached hydrogen (secondary N) is 1. The second-order valence-electron chi connectivity index (χ2n) is 4.35. The van der Waals surface area contributed by atoms with E-state index in [1.165, 1.54) is 0 Å². The van der Waals surface area contributed by atoms with Crippen LogP contribution in [0.5, 0.6) is 0 Å². The Kier molecular flexibility index (Phi) is 5.50. The van der Waals surface area contributed by atoms with Crippen LogP contribution in [0.3, 0.4) is 0 Å². The van der Waals surface area contributed by atoms with Crippen molar-refractivity contribution in [3.63, 3.8) is 0 Å². The van der Waals surface area contributed by atoms with Crippen molar-refractivity contribution < 1.29 is 9.90 Å². The molecule has 0 saturated carbocycles. The molecule has 1 heterocycles. The third kappa shape index (κ3) is 4.44. The summed E-state index contributed by atoms with van der Waals surface area (Å²) in [6.45, 7) is 0.457. The van der Waals surface area contributed by atoms with Gasteiger partial charge in [-0.25, -0.2) is 0 Å². The van der Waals surface area contributed by atoms with Crippen molar-refractivity contribution in [3.8, 4) is 11.8 Å². The predicted molar refractivity (Wildman–Crippen MR) is 80.4 cm³/mol. The van der Waals surface area contributed by atoms with Crippen LogP contribution >= 0.6 is 0 Å². The van der Waals surface area contributed by atoms with Gasteiger partial charge < -0.3 is 10.4 Å². The Balaban J connectivity index is 2.04. The summed E-state index contributed by atoms with van der Waals surface area (Å²) in [5.41, 5.74) is 2.39. The van der Waals surface area contributed by atoms with Crippen LogP contribution in [0.2, 0.25) is 0 Å². The van der Waals surface area contributed by atoms with Gasteiger partial charge in [0, 0.05) is 36.5 Å². The van der Waals surface area contributed by atoms with Gasteiger partial charge in [0.1, 0.15) is 0 Å². The summed E-state index contributed by atoms with van der Waals surface area (Å²) in [5.74, 6) is 5.75. The third-order valence-corrected chi connectivity index (χ3v) is 2.86. The number of hydrogen-bond acceptors (Lipinski definition) is 3. The molecule has 0 fully saturated rings. The summed E-state index contributed by atoms with van der Waals surface area (Å²) in [7, 11) is 0. The van der Waals surface area contributed by atoms with Gasteiger partial charge in [0.15, 0.2) is 0 Å². The molecular weight excluding hydrogens is 264 g/mol. The van der Waals surface area contributed by atoms with Gasteiger partial charge in [-0.1, -0.05) is 30.0 Å². The average molecular weight is 280 g/mol. The van der Waals surface area contributed by atoms with E-state index in [1.54, 1.807) is 24.5 Å². The molecule has 0 aliphatic heterocycles. The number of amides is 1. The van der Waals surface area contributed by atoms with E-state index in [2.05, 4.69) is 22.1 Å². The normalized spacial score (nSPS) is 9.57. The van der Waals surface area contributed by atoms with Gasteiger partial charge in [0.05, 0.1) is 6.61 Å². The van der Waals surface area contributed by atoms with E-state index in [0.29, 0.717) is 18.5 Å². The number of aromatic nitrogens is 1. The Hall–Kier alpha value is -2.64. The van der Waals surface area contributed by atoms with Crippen LogP contribution in [0.4, 0.5) is 0 Å². The number of benzene rings is 1. The second kappa shape index (κ2) is 7.83. The van der Waals surface area contributed by atoms with Gasteiger partial charge in [-0.3, -0.25) is 9.78 Å². The number of aliphatic hydroxyl groups excluding tert-OH is 1. The summed E-state index contributed by atoms with van der Waals surface area (Å²) in [4.78, 5) is 15.9. The first-order valence-corrected chi connectivity index (χ1v) is 6.67. The number of nitrogens with zero attached hydrogens (tertiary/aromatic N) is 1. The van der Waals surface area contributed by atoms with Crippen LogP contribution in [0.15, 0.2) is 48.8 Å². The third-order valence-electron chi connectivity index (χ3n) is 2.86. The zero-order valence-corrected chi connectivity index (χ0v) is 11.5. The average Bonchev–Trinajstić information content (AvgIpc) is 2.54. The van der Waals surface area contributed by atoms with Gasteiger partial charge in [-0.05, 0) is 23.8 Å². The first-order chi connectivity index (χ1) is 10.3. The Morgan fingerprint density at radius 3 is 2.71 bits per heavy atom. The molecule has 0 saturated heterocycles. The highest BCUT2D eigenvalue weighted by molar-refractivity contribution is 5.93. The molecule has 0 atom stereocenters. The minimum absolute atomic E-state index is 0.0495. The molecule has 2 rings (SSSR count). The molecule has 21 heavy (non-hydrogen) atoms. The van der Waals surface area contributed by atoms with Gasteiger partial charge in [0.2, 0.25) is 0 Å². The van der Waals surface area contributed by atoms with E-state index in [0.717, 1.165) is 11.1 Å². The zero-order chi connectivity index (χ0) is 14.9. The monoisotopic (exact) mass is 280 g/mol. The largest absolute Gasteiger partial charge is 0.395 e. The van der Waals surface area contributed by atoms with Crippen molar-refractivity contribution >= 4 is 5.91 Å². The van der Waals surface area contributed by atoms with Crippen molar-refractivity contribution in [1.82, 2.24) is 10.3 Å². The number of carbonyl (C=O) groups is 1. The molecule has 1 aromatic carbocycles. The fourth-order valence-corrected chi connectivity index (χ4v) is 1.79. The molecule has 4 nitrogen and oxygen atoms in total. The van der Waals surface area contributed by atoms with Crippen LogP contribution in [0, 0.1) is 11.8 Å². The first-order valence-electron chi connectivity index (χ1n) is 6.67.